The summed E-state index contributed by atoms with van der Waals surface area (Å²) in [6, 6.07) is 5.13. The van der Waals surface area contributed by atoms with Crippen LogP contribution < -0.4 is 5.32 Å². The summed E-state index contributed by atoms with van der Waals surface area (Å²) in [5.41, 5.74) is 0.465. The number of aromatic nitrogens is 3. The Morgan fingerprint density at radius 3 is 2.88 bits per heavy atom. The summed E-state index contributed by atoms with van der Waals surface area (Å²) in [4.78, 5) is 23.3. The molecule has 0 saturated carbocycles. The molecule has 0 atom stereocenters. The van der Waals surface area contributed by atoms with Crippen LogP contribution in [0, 0.1) is 11.3 Å². The predicted molar refractivity (Wildman–Crippen MR) is 58.9 cm³/mol. The van der Waals surface area contributed by atoms with Crippen LogP contribution in [0.3, 0.4) is 0 Å². The first-order chi connectivity index (χ1) is 8.31. The van der Waals surface area contributed by atoms with Crippen LogP contribution in [0.15, 0.2) is 36.9 Å². The van der Waals surface area contributed by atoms with Gasteiger partial charge in [0.25, 0.3) is 5.91 Å². The molecule has 0 aliphatic heterocycles. The van der Waals surface area contributed by atoms with E-state index < -0.39 is 5.91 Å². The Hall–Kier alpha value is -2.81. The van der Waals surface area contributed by atoms with Crippen LogP contribution in [0.2, 0.25) is 0 Å². The molecule has 0 aromatic carbocycles. The quantitative estimate of drug-likeness (QED) is 0.822. The van der Waals surface area contributed by atoms with Crippen molar-refractivity contribution in [1.29, 1.82) is 5.26 Å². The van der Waals surface area contributed by atoms with Gasteiger partial charge in [-0.25, -0.2) is 9.97 Å². The number of nitrogens with one attached hydrogen (secondary N) is 1. The van der Waals surface area contributed by atoms with Crippen molar-refractivity contribution in [3.63, 3.8) is 0 Å². The summed E-state index contributed by atoms with van der Waals surface area (Å²) < 4.78 is 0. The van der Waals surface area contributed by atoms with Crippen molar-refractivity contribution in [2.24, 2.45) is 0 Å². The third kappa shape index (κ3) is 2.41. The number of carbonyl (C=O) groups is 1. The lowest BCUT2D eigenvalue weighted by Gasteiger charge is -2.04. The van der Waals surface area contributed by atoms with Gasteiger partial charge in [0.15, 0.2) is 5.82 Å². The molecule has 0 radical (unpaired) electrons. The van der Waals surface area contributed by atoms with E-state index >= 15 is 0 Å². The highest BCUT2D eigenvalue weighted by Gasteiger charge is 2.10. The minimum absolute atomic E-state index is 0.169. The van der Waals surface area contributed by atoms with Gasteiger partial charge in [-0.05, 0) is 12.1 Å². The average Bonchev–Trinajstić information content (AvgIpc) is 2.40. The number of hydrogen-bond acceptors (Lipinski definition) is 5. The fraction of sp³-hybridized carbons (Fsp3) is 0. The standard InChI is InChI=1S/C11H7N5O/c12-6-8-2-1-3-15-10(8)16-11(17)9-7-13-4-5-14-9/h1-5,7H,(H,15,16,17). The molecule has 0 aliphatic rings. The molecule has 0 spiro atoms. The Balaban J connectivity index is 2.23. The molecule has 0 saturated heterocycles. The molecule has 0 bridgehead atoms. The zero-order chi connectivity index (χ0) is 12.1. The van der Waals surface area contributed by atoms with E-state index in [2.05, 4.69) is 20.3 Å². The van der Waals surface area contributed by atoms with Crippen molar-refractivity contribution in [1.82, 2.24) is 15.0 Å². The third-order valence-electron chi connectivity index (χ3n) is 1.96. The SMILES string of the molecule is N#Cc1cccnc1NC(=O)c1cnccn1. The Morgan fingerprint density at radius 2 is 2.18 bits per heavy atom. The molecule has 2 aromatic rings. The summed E-state index contributed by atoms with van der Waals surface area (Å²) in [6.45, 7) is 0. The average molecular weight is 225 g/mol. The molecule has 0 unspecified atom stereocenters. The highest BCUT2D eigenvalue weighted by molar-refractivity contribution is 6.02. The molecule has 2 heterocycles. The monoisotopic (exact) mass is 225 g/mol. The Bertz CT molecular complexity index is 576. The van der Waals surface area contributed by atoms with Gasteiger partial charge in [-0.2, -0.15) is 5.26 Å². The van der Waals surface area contributed by atoms with Crippen LogP contribution in [-0.4, -0.2) is 20.9 Å². The number of carbonyl (C=O) groups excluding carboxylic acids is 1. The highest BCUT2D eigenvalue weighted by atomic mass is 16.1. The summed E-state index contributed by atoms with van der Waals surface area (Å²) in [7, 11) is 0. The zero-order valence-electron chi connectivity index (χ0n) is 8.66. The first kappa shape index (κ1) is 10.7. The van der Waals surface area contributed by atoms with Gasteiger partial charge >= 0.3 is 0 Å². The molecule has 6 nitrogen and oxygen atoms in total. The van der Waals surface area contributed by atoms with Gasteiger partial charge in [0.1, 0.15) is 11.8 Å². The van der Waals surface area contributed by atoms with Gasteiger partial charge in [-0.1, -0.05) is 0 Å². The van der Waals surface area contributed by atoms with Crippen molar-refractivity contribution < 1.29 is 4.79 Å². The molecule has 0 aliphatic carbocycles. The van der Waals surface area contributed by atoms with Crippen LogP contribution in [0.5, 0.6) is 0 Å². The van der Waals surface area contributed by atoms with Gasteiger partial charge < -0.3 is 5.32 Å². The molecule has 17 heavy (non-hydrogen) atoms. The van der Waals surface area contributed by atoms with Gasteiger partial charge in [-0.15, -0.1) is 0 Å². The lowest BCUT2D eigenvalue weighted by atomic mass is 10.3. The van der Waals surface area contributed by atoms with E-state index in [1.165, 1.54) is 24.8 Å². The molecular weight excluding hydrogens is 218 g/mol. The molecule has 1 N–H and O–H groups in total. The fourth-order valence-electron chi connectivity index (χ4n) is 1.18. The number of anilines is 1. The summed E-state index contributed by atoms with van der Waals surface area (Å²) >= 11 is 0. The van der Waals surface area contributed by atoms with Crippen LogP contribution in [-0.2, 0) is 0 Å². The smallest absolute Gasteiger partial charge is 0.277 e. The van der Waals surface area contributed by atoms with Gasteiger partial charge in [0, 0.05) is 18.6 Å². The predicted octanol–water partition coefficient (Wildman–Crippen LogP) is 0.996. The fourth-order valence-corrected chi connectivity index (χ4v) is 1.18. The maximum Gasteiger partial charge on any atom is 0.277 e. The van der Waals surface area contributed by atoms with E-state index in [9.17, 15) is 4.79 Å². The summed E-state index contributed by atoms with van der Waals surface area (Å²) in [6.07, 6.45) is 5.72. The van der Waals surface area contributed by atoms with E-state index in [1.807, 2.05) is 6.07 Å². The topological polar surface area (TPSA) is 91.6 Å². The van der Waals surface area contributed by atoms with Crippen molar-refractivity contribution in [2.75, 3.05) is 5.32 Å². The molecular formula is C11H7N5O. The minimum atomic E-state index is -0.451. The maximum atomic E-state index is 11.7. The molecule has 2 rings (SSSR count). The van der Waals surface area contributed by atoms with Gasteiger partial charge in [0.05, 0.1) is 11.8 Å². The van der Waals surface area contributed by atoms with Gasteiger partial charge in [-0.3, -0.25) is 9.78 Å². The van der Waals surface area contributed by atoms with Crippen molar-refractivity contribution in [3.05, 3.63) is 48.2 Å². The number of amides is 1. The lowest BCUT2D eigenvalue weighted by Crippen LogP contribution is -2.15. The van der Waals surface area contributed by atoms with Crippen molar-refractivity contribution >= 4 is 11.7 Å². The van der Waals surface area contributed by atoms with E-state index in [4.69, 9.17) is 5.26 Å². The normalized spacial score (nSPS) is 9.35. The van der Waals surface area contributed by atoms with E-state index in [0.29, 0.717) is 5.56 Å². The molecule has 1 amide bonds. The molecule has 2 aromatic heterocycles. The van der Waals surface area contributed by atoms with Gasteiger partial charge in [0.2, 0.25) is 0 Å². The Kier molecular flexibility index (Phi) is 3.03. The first-order valence-electron chi connectivity index (χ1n) is 4.74. The second-order valence-corrected chi connectivity index (χ2v) is 3.06. The summed E-state index contributed by atoms with van der Waals surface area (Å²) in [5, 5.41) is 11.3. The molecule has 82 valence electrons. The number of rotatable bonds is 2. The van der Waals surface area contributed by atoms with E-state index in [-0.39, 0.29) is 11.5 Å². The molecule has 6 heteroatoms. The first-order valence-corrected chi connectivity index (χ1v) is 4.74. The Morgan fingerprint density at radius 1 is 1.29 bits per heavy atom. The van der Waals surface area contributed by atoms with E-state index in [0.717, 1.165) is 0 Å². The maximum absolute atomic E-state index is 11.7. The number of nitriles is 1. The molecule has 0 fully saturated rings. The highest BCUT2D eigenvalue weighted by Crippen LogP contribution is 2.10. The summed E-state index contributed by atoms with van der Waals surface area (Å²) in [5.74, 6) is -0.237. The Labute approximate surface area is 97.0 Å². The van der Waals surface area contributed by atoms with Crippen LogP contribution >= 0.6 is 0 Å². The van der Waals surface area contributed by atoms with E-state index in [1.54, 1.807) is 12.1 Å². The van der Waals surface area contributed by atoms with Crippen molar-refractivity contribution in [2.45, 2.75) is 0 Å². The largest absolute Gasteiger partial charge is 0.304 e. The third-order valence-corrected chi connectivity index (χ3v) is 1.96. The zero-order valence-corrected chi connectivity index (χ0v) is 8.66. The van der Waals surface area contributed by atoms with Crippen LogP contribution in [0.1, 0.15) is 16.1 Å². The lowest BCUT2D eigenvalue weighted by molar-refractivity contribution is 0.102. The number of nitrogens with zero attached hydrogens (tertiary/aromatic N) is 4. The van der Waals surface area contributed by atoms with Crippen molar-refractivity contribution in [3.8, 4) is 6.07 Å². The van der Waals surface area contributed by atoms with Crippen LogP contribution in [0.4, 0.5) is 5.82 Å². The number of hydrogen-bond donors (Lipinski definition) is 1. The minimum Gasteiger partial charge on any atom is -0.304 e. The second-order valence-electron chi connectivity index (χ2n) is 3.06. The van der Waals surface area contributed by atoms with Crippen LogP contribution in [0.25, 0.3) is 0 Å². The second kappa shape index (κ2) is 4.81. The number of pyridine rings is 1.